The van der Waals surface area contributed by atoms with Gasteiger partial charge in [-0.05, 0) is 24.3 Å². The van der Waals surface area contributed by atoms with Crippen molar-refractivity contribution in [3.05, 3.63) is 53.8 Å². The summed E-state index contributed by atoms with van der Waals surface area (Å²) in [5.41, 5.74) is 4.75. The fraction of sp³-hybridized carbons (Fsp3) is 0. The van der Waals surface area contributed by atoms with Gasteiger partial charge in [-0.1, -0.05) is 12.1 Å². The number of nitrogens with one attached hydrogen (secondary N) is 1. The van der Waals surface area contributed by atoms with Crippen LogP contribution < -0.4 is 10.5 Å². The summed E-state index contributed by atoms with van der Waals surface area (Å²) >= 11 is 0. The maximum Gasteiger partial charge on any atom is 0.264 e. The quantitative estimate of drug-likeness (QED) is 0.676. The Morgan fingerprint density at radius 2 is 1.60 bits per heavy atom. The number of hydrogen-bond acceptors (Lipinski definition) is 3. The summed E-state index contributed by atoms with van der Waals surface area (Å²) in [6.07, 6.45) is 0. The lowest BCUT2D eigenvalue weighted by atomic mass is 10.3. The van der Waals surface area contributed by atoms with Gasteiger partial charge in [-0.25, -0.2) is 21.6 Å². The molecule has 0 saturated carbocycles. The highest BCUT2D eigenvalue weighted by molar-refractivity contribution is 7.92. The highest BCUT2D eigenvalue weighted by Crippen LogP contribution is 2.24. The first-order chi connectivity index (χ1) is 9.33. The Morgan fingerprint density at radius 1 is 0.950 bits per heavy atom. The lowest BCUT2D eigenvalue weighted by Crippen LogP contribution is -2.16. The second-order valence-electron chi connectivity index (χ2n) is 3.87. The topological polar surface area (TPSA) is 72.2 Å². The minimum absolute atomic E-state index is 0.0528. The maximum atomic E-state index is 13.4. The molecule has 106 valence electrons. The van der Waals surface area contributed by atoms with Gasteiger partial charge in [-0.2, -0.15) is 0 Å². The molecule has 0 aliphatic heterocycles. The standard InChI is InChI=1S/C12H9F3N2O2S/c13-7-5-6-9(12(15)11(7)14)17-20(18,19)10-4-2-1-3-8(10)16/h1-6,17H,16H2. The molecule has 0 heterocycles. The fourth-order valence-electron chi connectivity index (χ4n) is 1.53. The Morgan fingerprint density at radius 3 is 2.25 bits per heavy atom. The van der Waals surface area contributed by atoms with Crippen molar-refractivity contribution < 1.29 is 21.6 Å². The Balaban J connectivity index is 2.45. The van der Waals surface area contributed by atoms with E-state index in [2.05, 4.69) is 0 Å². The first-order valence-electron chi connectivity index (χ1n) is 5.34. The number of anilines is 2. The predicted molar refractivity (Wildman–Crippen MR) is 68.0 cm³/mol. The number of rotatable bonds is 3. The molecule has 0 atom stereocenters. The zero-order valence-corrected chi connectivity index (χ0v) is 10.7. The second-order valence-corrected chi connectivity index (χ2v) is 5.52. The smallest absolute Gasteiger partial charge is 0.264 e. The third kappa shape index (κ3) is 2.55. The minimum Gasteiger partial charge on any atom is -0.398 e. The van der Waals surface area contributed by atoms with Crippen molar-refractivity contribution in [2.45, 2.75) is 4.90 Å². The SMILES string of the molecule is Nc1ccccc1S(=O)(=O)Nc1ccc(F)c(F)c1F. The molecule has 3 N–H and O–H groups in total. The van der Waals surface area contributed by atoms with Crippen LogP contribution in [0.15, 0.2) is 41.3 Å². The minimum atomic E-state index is -4.20. The van der Waals surface area contributed by atoms with Crippen LogP contribution in [0.1, 0.15) is 0 Å². The average molecular weight is 302 g/mol. The Hall–Kier alpha value is -2.22. The average Bonchev–Trinajstić information content (AvgIpc) is 2.40. The summed E-state index contributed by atoms with van der Waals surface area (Å²) in [6, 6.07) is 6.89. The zero-order valence-electron chi connectivity index (χ0n) is 9.90. The molecule has 0 aliphatic rings. The molecule has 0 bridgehead atoms. The Kier molecular flexibility index (Phi) is 3.58. The summed E-state index contributed by atoms with van der Waals surface area (Å²) in [5.74, 6) is -4.79. The molecule has 0 unspecified atom stereocenters. The molecule has 0 radical (unpaired) electrons. The number of halogens is 3. The molecule has 2 rings (SSSR count). The number of nitrogen functional groups attached to an aromatic ring is 1. The normalized spacial score (nSPS) is 11.3. The van der Waals surface area contributed by atoms with E-state index < -0.39 is 33.2 Å². The molecule has 8 heteroatoms. The van der Waals surface area contributed by atoms with Crippen LogP contribution in [0.25, 0.3) is 0 Å². The summed E-state index contributed by atoms with van der Waals surface area (Å²) < 4.78 is 65.1. The molecule has 20 heavy (non-hydrogen) atoms. The van der Waals surface area contributed by atoms with E-state index in [1.54, 1.807) is 0 Å². The molecule has 0 spiro atoms. The van der Waals surface area contributed by atoms with Crippen LogP contribution in [0.5, 0.6) is 0 Å². The highest BCUT2D eigenvalue weighted by atomic mass is 32.2. The van der Waals surface area contributed by atoms with E-state index >= 15 is 0 Å². The maximum absolute atomic E-state index is 13.4. The van der Waals surface area contributed by atoms with Gasteiger partial charge in [0.2, 0.25) is 0 Å². The van der Waals surface area contributed by atoms with E-state index in [4.69, 9.17) is 5.73 Å². The van der Waals surface area contributed by atoms with Crippen LogP contribution in [-0.4, -0.2) is 8.42 Å². The van der Waals surface area contributed by atoms with Crippen molar-refractivity contribution in [3.63, 3.8) is 0 Å². The molecule has 4 nitrogen and oxygen atoms in total. The fourth-order valence-corrected chi connectivity index (χ4v) is 2.72. The van der Waals surface area contributed by atoms with Gasteiger partial charge in [0.15, 0.2) is 17.5 Å². The summed E-state index contributed by atoms with van der Waals surface area (Å²) in [7, 11) is -4.20. The van der Waals surface area contributed by atoms with Crippen molar-refractivity contribution in [1.82, 2.24) is 0 Å². The number of sulfonamides is 1. The van der Waals surface area contributed by atoms with Crippen LogP contribution in [0.3, 0.4) is 0 Å². The third-order valence-electron chi connectivity index (χ3n) is 2.49. The van der Waals surface area contributed by atoms with Crippen molar-refractivity contribution in [2.24, 2.45) is 0 Å². The highest BCUT2D eigenvalue weighted by Gasteiger charge is 2.21. The molecule has 0 aromatic heterocycles. The molecule has 2 aromatic carbocycles. The van der Waals surface area contributed by atoms with Crippen molar-refractivity contribution in [1.29, 1.82) is 0 Å². The van der Waals surface area contributed by atoms with Crippen LogP contribution in [0.4, 0.5) is 24.5 Å². The van der Waals surface area contributed by atoms with Gasteiger partial charge in [0.1, 0.15) is 4.90 Å². The number of benzene rings is 2. The summed E-state index contributed by atoms with van der Waals surface area (Å²) in [5, 5.41) is 0. The van der Waals surface area contributed by atoms with E-state index in [0.29, 0.717) is 6.07 Å². The molecule has 0 amide bonds. The third-order valence-corrected chi connectivity index (χ3v) is 3.93. The monoisotopic (exact) mass is 302 g/mol. The Labute approximate surface area is 113 Å². The molecule has 0 fully saturated rings. The van der Waals surface area contributed by atoms with E-state index in [1.165, 1.54) is 24.3 Å². The van der Waals surface area contributed by atoms with Crippen LogP contribution in [0.2, 0.25) is 0 Å². The van der Waals surface area contributed by atoms with E-state index in [9.17, 15) is 21.6 Å². The van der Waals surface area contributed by atoms with Crippen LogP contribution in [0, 0.1) is 17.5 Å². The van der Waals surface area contributed by atoms with Gasteiger partial charge in [0, 0.05) is 0 Å². The lowest BCUT2D eigenvalue weighted by molar-refractivity contribution is 0.449. The number of nitrogens with two attached hydrogens (primary N) is 1. The van der Waals surface area contributed by atoms with E-state index in [1.807, 2.05) is 4.72 Å². The number of hydrogen-bond donors (Lipinski definition) is 2. The molecule has 0 aliphatic carbocycles. The van der Waals surface area contributed by atoms with Crippen molar-refractivity contribution in [2.75, 3.05) is 10.5 Å². The first-order valence-corrected chi connectivity index (χ1v) is 6.82. The predicted octanol–water partition coefficient (Wildman–Crippen LogP) is 2.49. The van der Waals surface area contributed by atoms with E-state index in [-0.39, 0.29) is 10.6 Å². The molecular weight excluding hydrogens is 293 g/mol. The lowest BCUT2D eigenvalue weighted by Gasteiger charge is -2.11. The zero-order chi connectivity index (χ0) is 14.9. The van der Waals surface area contributed by atoms with Crippen molar-refractivity contribution >= 4 is 21.4 Å². The van der Waals surface area contributed by atoms with Gasteiger partial charge in [0.25, 0.3) is 10.0 Å². The van der Waals surface area contributed by atoms with Gasteiger partial charge in [-0.3, -0.25) is 4.72 Å². The van der Waals surface area contributed by atoms with Crippen molar-refractivity contribution in [3.8, 4) is 0 Å². The first kappa shape index (κ1) is 14.2. The number of para-hydroxylation sites is 1. The van der Waals surface area contributed by atoms with Crippen LogP contribution in [-0.2, 0) is 10.0 Å². The second kappa shape index (κ2) is 5.04. The molecule has 0 saturated heterocycles. The largest absolute Gasteiger partial charge is 0.398 e. The van der Waals surface area contributed by atoms with Gasteiger partial charge in [-0.15, -0.1) is 0 Å². The van der Waals surface area contributed by atoms with Crippen LogP contribution >= 0.6 is 0 Å². The molecule has 2 aromatic rings. The summed E-state index contributed by atoms with van der Waals surface area (Å²) in [4.78, 5) is -0.288. The van der Waals surface area contributed by atoms with Gasteiger partial charge >= 0.3 is 0 Å². The van der Waals surface area contributed by atoms with Gasteiger partial charge < -0.3 is 5.73 Å². The summed E-state index contributed by atoms with van der Waals surface area (Å²) in [6.45, 7) is 0. The van der Waals surface area contributed by atoms with Gasteiger partial charge in [0.05, 0.1) is 11.4 Å². The van der Waals surface area contributed by atoms with E-state index in [0.717, 1.165) is 6.07 Å². The Bertz CT molecular complexity index is 763. The molecular formula is C12H9F3N2O2S.